The summed E-state index contributed by atoms with van der Waals surface area (Å²) < 4.78 is 9.92. The van der Waals surface area contributed by atoms with Crippen molar-refractivity contribution >= 4 is 23.5 Å². The van der Waals surface area contributed by atoms with Crippen molar-refractivity contribution in [3.63, 3.8) is 0 Å². The van der Waals surface area contributed by atoms with Crippen LogP contribution in [0.2, 0.25) is 5.02 Å². The van der Waals surface area contributed by atoms with Gasteiger partial charge in [-0.1, -0.05) is 23.7 Å². The van der Waals surface area contributed by atoms with Crippen molar-refractivity contribution in [3.05, 3.63) is 59.0 Å². The highest BCUT2D eigenvalue weighted by Gasteiger charge is 2.40. The van der Waals surface area contributed by atoms with Crippen molar-refractivity contribution in [1.82, 2.24) is 4.90 Å². The molecule has 126 valence electrons. The summed E-state index contributed by atoms with van der Waals surface area (Å²) >= 11 is 5.94. The largest absolute Gasteiger partial charge is 0.472 e. The summed E-state index contributed by atoms with van der Waals surface area (Å²) in [6, 6.07) is 9.14. The Balaban J connectivity index is 1.78. The number of nitrogens with zero attached hydrogens (tertiary/aromatic N) is 1. The zero-order valence-corrected chi connectivity index (χ0v) is 14.0. The molecule has 0 bridgehead atoms. The van der Waals surface area contributed by atoms with Crippen molar-refractivity contribution in [2.45, 2.75) is 12.3 Å². The normalized spacial score (nSPS) is 20.2. The first-order chi connectivity index (χ1) is 11.6. The molecule has 1 amide bonds. The zero-order valence-electron chi connectivity index (χ0n) is 13.3. The second-order valence-electron chi connectivity index (χ2n) is 5.89. The van der Waals surface area contributed by atoms with Gasteiger partial charge in [-0.2, -0.15) is 0 Å². The summed E-state index contributed by atoms with van der Waals surface area (Å²) in [5, 5.41) is 0.638. The molecular weight excluding hydrogens is 330 g/mol. The van der Waals surface area contributed by atoms with Gasteiger partial charge in [0.2, 0.25) is 5.91 Å². The number of rotatable bonds is 4. The molecule has 1 aromatic carbocycles. The molecule has 0 unspecified atom stereocenters. The third kappa shape index (κ3) is 3.46. The lowest BCUT2D eigenvalue weighted by atomic mass is 9.89. The first-order valence-electron chi connectivity index (χ1n) is 7.70. The summed E-state index contributed by atoms with van der Waals surface area (Å²) in [5.74, 6) is -0.789. The molecule has 3 rings (SSSR count). The van der Waals surface area contributed by atoms with Crippen LogP contribution < -0.4 is 0 Å². The van der Waals surface area contributed by atoms with Crippen LogP contribution in [0.5, 0.6) is 0 Å². The van der Waals surface area contributed by atoms with E-state index in [1.807, 2.05) is 12.1 Å². The Morgan fingerprint density at radius 3 is 2.62 bits per heavy atom. The molecule has 0 N–H and O–H groups in total. The Hall–Kier alpha value is -2.27. The SMILES string of the molecule is COC(=O)[C@@H]1CN(C(=O)Cc2ccoc2)C[C@H]1c1ccc(Cl)cc1. The standard InChI is InChI=1S/C18H18ClNO4/c1-23-18(22)16-10-20(17(21)8-12-6-7-24-11-12)9-15(16)13-2-4-14(19)5-3-13/h2-7,11,15-16H,8-10H2,1H3/t15-,16+/m0/s1. The van der Waals surface area contributed by atoms with Crippen LogP contribution in [0.1, 0.15) is 17.0 Å². The van der Waals surface area contributed by atoms with Crippen LogP contribution in [0.15, 0.2) is 47.3 Å². The number of amides is 1. The minimum Gasteiger partial charge on any atom is -0.472 e. The Morgan fingerprint density at radius 2 is 2.00 bits per heavy atom. The van der Waals surface area contributed by atoms with Crippen molar-refractivity contribution < 1.29 is 18.7 Å². The van der Waals surface area contributed by atoms with Crippen molar-refractivity contribution in [2.24, 2.45) is 5.92 Å². The van der Waals surface area contributed by atoms with E-state index in [4.69, 9.17) is 20.8 Å². The molecule has 0 radical (unpaired) electrons. The lowest BCUT2D eigenvalue weighted by Gasteiger charge is -2.16. The minimum absolute atomic E-state index is 0.0261. The number of halogens is 1. The number of likely N-dealkylation sites (tertiary alicyclic amines) is 1. The maximum atomic E-state index is 12.5. The van der Waals surface area contributed by atoms with Crippen LogP contribution in [0.4, 0.5) is 0 Å². The van der Waals surface area contributed by atoms with Gasteiger partial charge in [-0.05, 0) is 29.3 Å². The van der Waals surface area contributed by atoms with Gasteiger partial charge in [-0.15, -0.1) is 0 Å². The molecule has 1 aliphatic rings. The highest BCUT2D eigenvalue weighted by atomic mass is 35.5. The molecule has 2 aromatic rings. The van der Waals surface area contributed by atoms with E-state index in [9.17, 15) is 9.59 Å². The van der Waals surface area contributed by atoms with Gasteiger partial charge in [0.05, 0.1) is 32.0 Å². The van der Waals surface area contributed by atoms with E-state index in [1.54, 1.807) is 35.6 Å². The summed E-state index contributed by atoms with van der Waals surface area (Å²) in [6.07, 6.45) is 3.36. The molecule has 2 heterocycles. The third-order valence-corrected chi connectivity index (χ3v) is 4.66. The first-order valence-corrected chi connectivity index (χ1v) is 8.08. The van der Waals surface area contributed by atoms with Crippen molar-refractivity contribution in [3.8, 4) is 0 Å². The van der Waals surface area contributed by atoms with Gasteiger partial charge in [0, 0.05) is 24.0 Å². The highest BCUT2D eigenvalue weighted by Crippen LogP contribution is 2.34. The first kappa shape index (κ1) is 16.6. The topological polar surface area (TPSA) is 59.8 Å². The van der Waals surface area contributed by atoms with Crippen LogP contribution in [-0.2, 0) is 20.7 Å². The molecule has 1 fully saturated rings. The Labute approximate surface area is 145 Å². The smallest absolute Gasteiger partial charge is 0.311 e. The van der Waals surface area contributed by atoms with Crippen LogP contribution in [-0.4, -0.2) is 37.0 Å². The number of carbonyl (C=O) groups is 2. The zero-order chi connectivity index (χ0) is 17.1. The van der Waals surface area contributed by atoms with E-state index < -0.39 is 0 Å². The second-order valence-corrected chi connectivity index (χ2v) is 6.33. The molecule has 1 aliphatic heterocycles. The average molecular weight is 348 g/mol. The average Bonchev–Trinajstić information content (AvgIpc) is 3.24. The van der Waals surface area contributed by atoms with Gasteiger partial charge in [-0.25, -0.2) is 0 Å². The molecule has 1 saturated heterocycles. The van der Waals surface area contributed by atoms with E-state index in [0.717, 1.165) is 11.1 Å². The molecule has 0 spiro atoms. The fraction of sp³-hybridized carbons (Fsp3) is 0.333. The predicted octanol–water partition coefficient (Wildman–Crippen LogP) is 2.89. The van der Waals surface area contributed by atoms with Gasteiger partial charge in [0.15, 0.2) is 0 Å². The van der Waals surface area contributed by atoms with Gasteiger partial charge >= 0.3 is 5.97 Å². The number of carbonyl (C=O) groups excluding carboxylic acids is 2. The van der Waals surface area contributed by atoms with Crippen molar-refractivity contribution in [2.75, 3.05) is 20.2 Å². The predicted molar refractivity (Wildman–Crippen MR) is 88.7 cm³/mol. The van der Waals surface area contributed by atoms with Crippen LogP contribution in [0.25, 0.3) is 0 Å². The summed E-state index contributed by atoms with van der Waals surface area (Å²) in [5.41, 5.74) is 1.80. The maximum absolute atomic E-state index is 12.5. The molecule has 1 aromatic heterocycles. The Kier molecular flexibility index (Phi) is 4.90. The Bertz CT molecular complexity index is 711. The molecular formula is C18H18ClNO4. The van der Waals surface area contributed by atoms with Crippen LogP contribution in [0.3, 0.4) is 0 Å². The molecule has 0 aliphatic carbocycles. The number of benzene rings is 1. The molecule has 24 heavy (non-hydrogen) atoms. The number of methoxy groups -OCH3 is 1. The molecule has 2 atom stereocenters. The summed E-state index contributed by atoms with van der Waals surface area (Å²) in [4.78, 5) is 26.4. The summed E-state index contributed by atoms with van der Waals surface area (Å²) in [7, 11) is 1.37. The molecule has 6 heteroatoms. The lowest BCUT2D eigenvalue weighted by Crippen LogP contribution is -2.31. The number of furan rings is 1. The second kappa shape index (κ2) is 7.09. The summed E-state index contributed by atoms with van der Waals surface area (Å²) in [6.45, 7) is 0.842. The Morgan fingerprint density at radius 1 is 1.25 bits per heavy atom. The van der Waals surface area contributed by atoms with E-state index >= 15 is 0 Å². The number of esters is 1. The number of ether oxygens (including phenoxy) is 1. The number of hydrogen-bond donors (Lipinski definition) is 0. The third-order valence-electron chi connectivity index (χ3n) is 4.41. The quantitative estimate of drug-likeness (QED) is 0.798. The van der Waals surface area contributed by atoms with Crippen LogP contribution in [0, 0.1) is 5.92 Å². The number of hydrogen-bond acceptors (Lipinski definition) is 4. The van der Waals surface area contributed by atoms with E-state index in [1.165, 1.54) is 7.11 Å². The van der Waals surface area contributed by atoms with Crippen LogP contribution >= 0.6 is 11.6 Å². The highest BCUT2D eigenvalue weighted by molar-refractivity contribution is 6.30. The molecule has 5 nitrogen and oxygen atoms in total. The van der Waals surface area contributed by atoms with E-state index in [-0.39, 0.29) is 30.1 Å². The monoisotopic (exact) mass is 347 g/mol. The lowest BCUT2D eigenvalue weighted by molar-refractivity contribution is -0.145. The van der Waals surface area contributed by atoms with Gasteiger partial charge < -0.3 is 14.1 Å². The van der Waals surface area contributed by atoms with E-state index in [0.29, 0.717) is 18.1 Å². The fourth-order valence-electron chi connectivity index (χ4n) is 3.13. The van der Waals surface area contributed by atoms with Gasteiger partial charge in [0.25, 0.3) is 0 Å². The van der Waals surface area contributed by atoms with E-state index in [2.05, 4.69) is 0 Å². The fourth-order valence-corrected chi connectivity index (χ4v) is 3.25. The molecule has 0 saturated carbocycles. The maximum Gasteiger partial charge on any atom is 0.311 e. The van der Waals surface area contributed by atoms with Gasteiger partial charge in [0.1, 0.15) is 0 Å². The minimum atomic E-state index is -0.371. The van der Waals surface area contributed by atoms with Crippen molar-refractivity contribution in [1.29, 1.82) is 0 Å². The van der Waals surface area contributed by atoms with Gasteiger partial charge in [-0.3, -0.25) is 9.59 Å².